The number of aryl methyl sites for hydroxylation is 2. The van der Waals surface area contributed by atoms with Gasteiger partial charge in [-0.1, -0.05) is 24.3 Å². The second-order valence-electron chi connectivity index (χ2n) is 6.99. The number of hydrogen-bond donors (Lipinski definition) is 0. The molecule has 0 aliphatic heterocycles. The third-order valence-electron chi connectivity index (χ3n) is 5.09. The van der Waals surface area contributed by atoms with Crippen molar-refractivity contribution in [3.63, 3.8) is 0 Å². The van der Waals surface area contributed by atoms with Gasteiger partial charge in [0.15, 0.2) is 0 Å². The average Bonchev–Trinajstić information content (AvgIpc) is 2.80. The van der Waals surface area contributed by atoms with Crippen molar-refractivity contribution in [1.82, 2.24) is 14.5 Å². The van der Waals surface area contributed by atoms with Gasteiger partial charge in [0.1, 0.15) is 11.6 Å². The molecule has 0 saturated carbocycles. The highest BCUT2D eigenvalue weighted by Crippen LogP contribution is 2.16. The molecule has 0 radical (unpaired) electrons. The molecule has 152 valence electrons. The molecule has 2 aromatic heterocycles. The Balaban J connectivity index is 1.70. The van der Waals surface area contributed by atoms with Gasteiger partial charge in [0.25, 0.3) is 5.56 Å². The van der Waals surface area contributed by atoms with E-state index in [4.69, 9.17) is 14.5 Å². The molecule has 0 unspecified atom stereocenters. The summed E-state index contributed by atoms with van der Waals surface area (Å²) in [6, 6.07) is 19.2. The van der Waals surface area contributed by atoms with E-state index in [1.807, 2.05) is 60.7 Å². The number of methoxy groups -OCH3 is 2. The van der Waals surface area contributed by atoms with Gasteiger partial charge in [-0.05, 0) is 47.9 Å². The van der Waals surface area contributed by atoms with Gasteiger partial charge >= 0.3 is 0 Å². The zero-order chi connectivity index (χ0) is 20.9. The molecule has 0 saturated heterocycles. The van der Waals surface area contributed by atoms with E-state index in [-0.39, 0.29) is 5.56 Å². The van der Waals surface area contributed by atoms with E-state index in [1.54, 1.807) is 25.0 Å². The van der Waals surface area contributed by atoms with Gasteiger partial charge in [-0.15, -0.1) is 0 Å². The van der Waals surface area contributed by atoms with Crippen molar-refractivity contribution in [3.05, 3.63) is 94.2 Å². The third kappa shape index (κ3) is 4.17. The number of rotatable bonds is 7. The van der Waals surface area contributed by atoms with E-state index >= 15 is 0 Å². The molecule has 4 aromatic rings. The van der Waals surface area contributed by atoms with Gasteiger partial charge in [-0.3, -0.25) is 9.36 Å². The quantitative estimate of drug-likeness (QED) is 0.473. The molecule has 6 heteroatoms. The van der Waals surface area contributed by atoms with Crippen molar-refractivity contribution in [3.8, 4) is 11.6 Å². The summed E-state index contributed by atoms with van der Waals surface area (Å²) in [4.78, 5) is 22.2. The number of benzene rings is 2. The van der Waals surface area contributed by atoms with E-state index in [2.05, 4.69) is 4.98 Å². The summed E-state index contributed by atoms with van der Waals surface area (Å²) < 4.78 is 12.2. The Hall–Kier alpha value is -3.67. The number of pyridine rings is 1. The molecule has 0 amide bonds. The van der Waals surface area contributed by atoms with E-state index in [0.29, 0.717) is 24.2 Å². The first kappa shape index (κ1) is 19.6. The maximum atomic E-state index is 13.3. The van der Waals surface area contributed by atoms with Crippen LogP contribution in [-0.4, -0.2) is 28.8 Å². The molecule has 0 spiro atoms. The zero-order valence-electron chi connectivity index (χ0n) is 17.0. The molecule has 0 N–H and O–H groups in total. The number of nitrogens with zero attached hydrogens (tertiary/aromatic N) is 3. The molecule has 0 bridgehead atoms. The second-order valence-corrected chi connectivity index (χ2v) is 6.99. The Bertz CT molecular complexity index is 1220. The standard InChI is InChI=1S/C24H23N3O3/c1-29-19-10-7-17(8-11-19)9-12-22-26-21-6-4-3-5-20(21)24(28)27(22)16-18-13-14-25-23(15-18)30-2/h3-8,10-11,13-15H,9,12,16H2,1-2H3. The topological polar surface area (TPSA) is 66.2 Å². The highest BCUT2D eigenvalue weighted by molar-refractivity contribution is 5.77. The summed E-state index contributed by atoms with van der Waals surface area (Å²) in [7, 11) is 3.23. The van der Waals surface area contributed by atoms with Gasteiger partial charge in [0, 0.05) is 18.7 Å². The maximum Gasteiger partial charge on any atom is 0.261 e. The van der Waals surface area contributed by atoms with Crippen LogP contribution in [0.2, 0.25) is 0 Å². The van der Waals surface area contributed by atoms with Crippen molar-refractivity contribution < 1.29 is 9.47 Å². The lowest BCUT2D eigenvalue weighted by molar-refractivity contribution is 0.397. The number of para-hydroxylation sites is 1. The number of ether oxygens (including phenoxy) is 2. The van der Waals surface area contributed by atoms with Crippen LogP contribution in [0, 0.1) is 0 Å². The van der Waals surface area contributed by atoms with Crippen LogP contribution in [0.4, 0.5) is 0 Å². The lowest BCUT2D eigenvalue weighted by atomic mass is 10.1. The molecule has 2 aromatic carbocycles. The molecule has 0 aliphatic rings. The summed E-state index contributed by atoms with van der Waals surface area (Å²) in [5, 5.41) is 0.617. The predicted octanol–water partition coefficient (Wildman–Crippen LogP) is 3.64. The summed E-state index contributed by atoms with van der Waals surface area (Å²) >= 11 is 0. The summed E-state index contributed by atoms with van der Waals surface area (Å²) in [6.07, 6.45) is 3.10. The Morgan fingerprint density at radius 2 is 1.70 bits per heavy atom. The fourth-order valence-electron chi connectivity index (χ4n) is 3.46. The molecule has 30 heavy (non-hydrogen) atoms. The van der Waals surface area contributed by atoms with Crippen LogP contribution in [-0.2, 0) is 19.4 Å². The molecule has 0 atom stereocenters. The van der Waals surface area contributed by atoms with Crippen molar-refractivity contribution >= 4 is 10.9 Å². The third-order valence-corrected chi connectivity index (χ3v) is 5.09. The van der Waals surface area contributed by atoms with Gasteiger partial charge in [0.2, 0.25) is 5.88 Å². The van der Waals surface area contributed by atoms with Gasteiger partial charge in [-0.2, -0.15) is 0 Å². The van der Waals surface area contributed by atoms with E-state index in [1.165, 1.54) is 0 Å². The zero-order valence-corrected chi connectivity index (χ0v) is 17.0. The Labute approximate surface area is 174 Å². The SMILES string of the molecule is COc1ccc(CCc2nc3ccccc3c(=O)n2Cc2ccnc(OC)c2)cc1. The second kappa shape index (κ2) is 8.78. The molecular formula is C24H23N3O3. The molecule has 0 aliphatic carbocycles. The maximum absolute atomic E-state index is 13.3. The molecular weight excluding hydrogens is 378 g/mol. The Kier molecular flexibility index (Phi) is 5.75. The first-order chi connectivity index (χ1) is 14.7. The number of fused-ring (bicyclic) bond motifs is 1. The Morgan fingerprint density at radius 1 is 0.900 bits per heavy atom. The van der Waals surface area contributed by atoms with Gasteiger partial charge in [-0.25, -0.2) is 9.97 Å². The highest BCUT2D eigenvalue weighted by atomic mass is 16.5. The normalized spacial score (nSPS) is 10.9. The van der Waals surface area contributed by atoms with Crippen molar-refractivity contribution in [2.45, 2.75) is 19.4 Å². The van der Waals surface area contributed by atoms with Crippen molar-refractivity contribution in [1.29, 1.82) is 0 Å². The summed E-state index contributed by atoms with van der Waals surface area (Å²) in [5.74, 6) is 2.10. The lowest BCUT2D eigenvalue weighted by Crippen LogP contribution is -2.26. The lowest BCUT2D eigenvalue weighted by Gasteiger charge is -2.14. The van der Waals surface area contributed by atoms with E-state index in [0.717, 1.165) is 34.6 Å². The van der Waals surface area contributed by atoms with E-state index < -0.39 is 0 Å². The predicted molar refractivity (Wildman–Crippen MR) is 116 cm³/mol. The average molecular weight is 401 g/mol. The van der Waals surface area contributed by atoms with Crippen LogP contribution in [0.25, 0.3) is 10.9 Å². The van der Waals surface area contributed by atoms with Gasteiger partial charge in [0.05, 0.1) is 31.7 Å². The van der Waals surface area contributed by atoms with Crippen LogP contribution < -0.4 is 15.0 Å². The first-order valence-corrected chi connectivity index (χ1v) is 9.78. The van der Waals surface area contributed by atoms with Crippen LogP contribution >= 0.6 is 0 Å². The molecule has 6 nitrogen and oxygen atoms in total. The fraction of sp³-hybridized carbons (Fsp3) is 0.208. The summed E-state index contributed by atoms with van der Waals surface area (Å²) in [6.45, 7) is 0.410. The van der Waals surface area contributed by atoms with Crippen molar-refractivity contribution in [2.24, 2.45) is 0 Å². The molecule has 0 fully saturated rings. The van der Waals surface area contributed by atoms with Crippen LogP contribution in [0.15, 0.2) is 71.7 Å². The van der Waals surface area contributed by atoms with Crippen LogP contribution in [0.1, 0.15) is 17.0 Å². The fourth-order valence-corrected chi connectivity index (χ4v) is 3.46. The highest BCUT2D eigenvalue weighted by Gasteiger charge is 2.12. The van der Waals surface area contributed by atoms with Crippen LogP contribution in [0.3, 0.4) is 0 Å². The first-order valence-electron chi connectivity index (χ1n) is 9.78. The monoisotopic (exact) mass is 401 g/mol. The molecule has 2 heterocycles. The van der Waals surface area contributed by atoms with Crippen molar-refractivity contribution in [2.75, 3.05) is 14.2 Å². The van der Waals surface area contributed by atoms with E-state index in [9.17, 15) is 4.79 Å². The minimum Gasteiger partial charge on any atom is -0.497 e. The van der Waals surface area contributed by atoms with Gasteiger partial charge < -0.3 is 9.47 Å². The number of hydrogen-bond acceptors (Lipinski definition) is 5. The Morgan fingerprint density at radius 3 is 2.47 bits per heavy atom. The minimum atomic E-state index is -0.0406. The largest absolute Gasteiger partial charge is 0.497 e. The van der Waals surface area contributed by atoms with Crippen LogP contribution in [0.5, 0.6) is 11.6 Å². The number of aromatic nitrogens is 3. The smallest absolute Gasteiger partial charge is 0.261 e. The summed E-state index contributed by atoms with van der Waals surface area (Å²) in [5.41, 5.74) is 2.78. The minimum absolute atomic E-state index is 0.0406. The molecule has 4 rings (SSSR count).